The quantitative estimate of drug-likeness (QED) is 0.330. The van der Waals surface area contributed by atoms with Crippen LogP contribution in [-0.4, -0.2) is 24.3 Å². The van der Waals surface area contributed by atoms with E-state index in [1.807, 2.05) is 66.7 Å². The largest absolute Gasteiger partial charge is 0.496 e. The minimum atomic E-state index is -0.648. The van der Waals surface area contributed by atoms with Gasteiger partial charge in [-0.05, 0) is 54.5 Å². The average Bonchev–Trinajstić information content (AvgIpc) is 3.18. The first-order valence-electron chi connectivity index (χ1n) is 11.4. The van der Waals surface area contributed by atoms with E-state index in [0.29, 0.717) is 26.4 Å². The number of carbonyl (C=O) groups is 1. The monoisotopic (exact) mass is 562 g/mol. The van der Waals surface area contributed by atoms with Gasteiger partial charge in [-0.25, -0.2) is 9.79 Å². The van der Waals surface area contributed by atoms with Crippen molar-refractivity contribution in [3.8, 4) is 5.75 Å². The Labute approximate surface area is 220 Å². The van der Waals surface area contributed by atoms with Crippen LogP contribution >= 0.6 is 27.3 Å². The third-order valence-corrected chi connectivity index (χ3v) is 7.64. The summed E-state index contributed by atoms with van der Waals surface area (Å²) >= 11 is 4.76. The molecule has 6 nitrogen and oxygen atoms in total. The fourth-order valence-electron chi connectivity index (χ4n) is 4.49. The first kappa shape index (κ1) is 24.2. The first-order valence-corrected chi connectivity index (χ1v) is 13.0. The molecule has 5 rings (SSSR count). The fraction of sp³-hybridized carbons (Fsp3) is 0.179. The fourth-order valence-corrected chi connectivity index (χ4v) is 5.78. The molecule has 3 aromatic carbocycles. The van der Waals surface area contributed by atoms with Crippen molar-refractivity contribution in [2.24, 2.45) is 4.99 Å². The van der Waals surface area contributed by atoms with Crippen molar-refractivity contribution < 1.29 is 14.3 Å². The van der Waals surface area contributed by atoms with Gasteiger partial charge >= 0.3 is 5.97 Å². The van der Waals surface area contributed by atoms with Crippen LogP contribution in [0, 0.1) is 0 Å². The first-order chi connectivity index (χ1) is 17.4. The molecule has 0 aliphatic carbocycles. The number of hydrogen-bond donors (Lipinski definition) is 0. The molecule has 1 aliphatic rings. The van der Waals surface area contributed by atoms with Crippen molar-refractivity contribution >= 4 is 50.1 Å². The van der Waals surface area contributed by atoms with Crippen molar-refractivity contribution in [2.45, 2.75) is 19.9 Å². The number of methoxy groups -OCH3 is 1. The number of nitrogens with zero attached hydrogens (tertiary/aromatic N) is 2. The van der Waals surface area contributed by atoms with E-state index >= 15 is 0 Å². The summed E-state index contributed by atoms with van der Waals surface area (Å²) in [4.78, 5) is 32.1. The third kappa shape index (κ3) is 4.20. The highest BCUT2D eigenvalue weighted by molar-refractivity contribution is 9.10. The number of fused-ring (bicyclic) bond motifs is 2. The van der Waals surface area contributed by atoms with Crippen molar-refractivity contribution in [3.05, 3.63) is 107 Å². The molecule has 0 saturated carbocycles. The van der Waals surface area contributed by atoms with Gasteiger partial charge in [-0.3, -0.25) is 9.36 Å². The minimum Gasteiger partial charge on any atom is -0.496 e. The lowest BCUT2D eigenvalue weighted by molar-refractivity contribution is -0.139. The van der Waals surface area contributed by atoms with Gasteiger partial charge in [0.05, 0.1) is 35.6 Å². The Morgan fingerprint density at radius 1 is 1.14 bits per heavy atom. The van der Waals surface area contributed by atoms with Crippen LogP contribution in [0.15, 0.2) is 86.2 Å². The molecule has 4 aromatic rings. The second-order valence-corrected chi connectivity index (χ2v) is 10.2. The molecule has 36 heavy (non-hydrogen) atoms. The number of ether oxygens (including phenoxy) is 2. The lowest BCUT2D eigenvalue weighted by Gasteiger charge is -2.24. The van der Waals surface area contributed by atoms with Gasteiger partial charge in [-0.1, -0.05) is 69.7 Å². The molecule has 0 amide bonds. The van der Waals surface area contributed by atoms with Crippen LogP contribution in [0.25, 0.3) is 16.8 Å². The van der Waals surface area contributed by atoms with E-state index in [4.69, 9.17) is 9.47 Å². The van der Waals surface area contributed by atoms with E-state index in [0.717, 1.165) is 26.4 Å². The maximum absolute atomic E-state index is 13.9. The molecule has 2 heterocycles. The van der Waals surface area contributed by atoms with Crippen molar-refractivity contribution in [1.29, 1.82) is 0 Å². The third-order valence-electron chi connectivity index (χ3n) is 6.13. The SMILES string of the molecule is CCOC(=O)C1=C(C)N=c2s/c(=C/c3c(OC)ccc4ccccc34)c(=O)n2C1c1ccc(Br)cc1. The Balaban J connectivity index is 1.78. The van der Waals surface area contributed by atoms with E-state index in [1.165, 1.54) is 11.3 Å². The van der Waals surface area contributed by atoms with Gasteiger partial charge in [0.1, 0.15) is 5.75 Å². The number of halogens is 1. The molecular formula is C28H23BrN2O4S. The van der Waals surface area contributed by atoms with Crippen molar-refractivity contribution in [1.82, 2.24) is 4.57 Å². The lowest BCUT2D eigenvalue weighted by atomic mass is 9.96. The van der Waals surface area contributed by atoms with Crippen LogP contribution in [0.2, 0.25) is 0 Å². The molecule has 1 aliphatic heterocycles. The summed E-state index contributed by atoms with van der Waals surface area (Å²) in [6.07, 6.45) is 1.85. The Morgan fingerprint density at radius 2 is 1.89 bits per heavy atom. The Morgan fingerprint density at radius 3 is 2.61 bits per heavy atom. The number of hydrogen-bond acceptors (Lipinski definition) is 6. The van der Waals surface area contributed by atoms with E-state index in [2.05, 4.69) is 20.9 Å². The number of carbonyl (C=O) groups excluding carboxylic acids is 1. The number of allylic oxidation sites excluding steroid dienone is 1. The highest BCUT2D eigenvalue weighted by atomic mass is 79.9. The molecule has 0 radical (unpaired) electrons. The van der Waals surface area contributed by atoms with E-state index in [1.54, 1.807) is 25.5 Å². The number of thiazole rings is 1. The molecule has 1 atom stereocenters. The highest BCUT2D eigenvalue weighted by Crippen LogP contribution is 2.32. The molecule has 0 saturated heterocycles. The summed E-state index contributed by atoms with van der Waals surface area (Å²) in [5.41, 5.74) is 2.29. The maximum atomic E-state index is 13.9. The van der Waals surface area contributed by atoms with Gasteiger partial charge in [0.2, 0.25) is 0 Å². The maximum Gasteiger partial charge on any atom is 0.338 e. The second-order valence-electron chi connectivity index (χ2n) is 8.26. The molecule has 1 unspecified atom stereocenters. The Kier molecular flexibility index (Phi) is 6.64. The molecular weight excluding hydrogens is 540 g/mol. The highest BCUT2D eigenvalue weighted by Gasteiger charge is 2.33. The van der Waals surface area contributed by atoms with E-state index < -0.39 is 12.0 Å². The smallest absolute Gasteiger partial charge is 0.338 e. The molecule has 0 N–H and O–H groups in total. The summed E-state index contributed by atoms with van der Waals surface area (Å²) in [7, 11) is 1.62. The van der Waals surface area contributed by atoms with Gasteiger partial charge < -0.3 is 9.47 Å². The van der Waals surface area contributed by atoms with Crippen molar-refractivity contribution in [3.63, 3.8) is 0 Å². The van der Waals surface area contributed by atoms with Crippen LogP contribution in [0.4, 0.5) is 0 Å². The summed E-state index contributed by atoms with van der Waals surface area (Å²) in [5, 5.41) is 2.03. The second kappa shape index (κ2) is 9.87. The zero-order valence-corrected chi connectivity index (χ0v) is 22.4. The summed E-state index contributed by atoms with van der Waals surface area (Å²) in [6.45, 7) is 3.77. The van der Waals surface area contributed by atoms with Gasteiger partial charge in [-0.15, -0.1) is 0 Å². The summed E-state index contributed by atoms with van der Waals surface area (Å²) in [6, 6.07) is 18.8. The van der Waals surface area contributed by atoms with E-state index in [-0.39, 0.29) is 12.2 Å². The molecule has 1 aromatic heterocycles. The van der Waals surface area contributed by atoms with Gasteiger partial charge in [0.25, 0.3) is 5.56 Å². The molecule has 0 bridgehead atoms. The predicted molar refractivity (Wildman–Crippen MR) is 145 cm³/mol. The van der Waals surface area contributed by atoms with Gasteiger partial charge in [-0.2, -0.15) is 0 Å². The van der Waals surface area contributed by atoms with Crippen LogP contribution in [0.1, 0.15) is 31.0 Å². The summed E-state index contributed by atoms with van der Waals surface area (Å²) < 4.78 is 14.0. The molecule has 182 valence electrons. The Hall–Kier alpha value is -3.49. The zero-order chi connectivity index (χ0) is 25.4. The Bertz CT molecular complexity index is 1700. The number of rotatable bonds is 5. The van der Waals surface area contributed by atoms with Crippen LogP contribution in [0.5, 0.6) is 5.75 Å². The van der Waals surface area contributed by atoms with E-state index in [9.17, 15) is 9.59 Å². The van der Waals surface area contributed by atoms with Crippen LogP contribution < -0.4 is 19.6 Å². The average molecular weight is 563 g/mol. The van der Waals surface area contributed by atoms with Crippen LogP contribution in [0.3, 0.4) is 0 Å². The normalized spacial score (nSPS) is 15.6. The lowest BCUT2D eigenvalue weighted by Crippen LogP contribution is -2.39. The predicted octanol–water partition coefficient (Wildman–Crippen LogP) is 4.72. The topological polar surface area (TPSA) is 69.9 Å². The van der Waals surface area contributed by atoms with Gasteiger partial charge in [0, 0.05) is 10.0 Å². The summed E-state index contributed by atoms with van der Waals surface area (Å²) in [5.74, 6) is 0.198. The zero-order valence-electron chi connectivity index (χ0n) is 19.9. The number of aromatic nitrogens is 1. The number of benzene rings is 3. The van der Waals surface area contributed by atoms with Crippen LogP contribution in [-0.2, 0) is 9.53 Å². The standard InChI is InChI=1S/C28H23BrN2O4S/c1-4-35-27(33)24-16(2)30-28-31(25(24)18-9-12-19(29)13-10-18)26(32)23(36-28)15-21-20-8-6-5-7-17(20)11-14-22(21)34-3/h5-15,25H,4H2,1-3H3/b23-15+. The molecule has 0 fully saturated rings. The molecule has 0 spiro atoms. The van der Waals surface area contributed by atoms with Gasteiger partial charge in [0.15, 0.2) is 4.80 Å². The molecule has 8 heteroatoms. The minimum absolute atomic E-state index is 0.226. The van der Waals surface area contributed by atoms with Crippen molar-refractivity contribution in [2.75, 3.05) is 13.7 Å². The number of esters is 1.